The van der Waals surface area contributed by atoms with E-state index in [1.165, 1.54) is 35.3 Å². The van der Waals surface area contributed by atoms with Crippen LogP contribution in [0.5, 0.6) is 0 Å². The van der Waals surface area contributed by atoms with Crippen LogP contribution in [0, 0.1) is 6.92 Å². The van der Waals surface area contributed by atoms with Crippen LogP contribution in [0.4, 0.5) is 5.13 Å². The maximum absolute atomic E-state index is 11.9. The first-order chi connectivity index (χ1) is 9.20. The lowest BCUT2D eigenvalue weighted by molar-refractivity contribution is -0.115. The van der Waals surface area contributed by atoms with Gasteiger partial charge in [0.05, 0.1) is 6.42 Å². The fraction of sp³-hybridized carbons (Fsp3) is 0.357. The van der Waals surface area contributed by atoms with Gasteiger partial charge in [-0.25, -0.2) is 0 Å². The lowest BCUT2D eigenvalue weighted by Crippen LogP contribution is -2.14. The number of hydrogen-bond donors (Lipinski definition) is 1. The van der Waals surface area contributed by atoms with Gasteiger partial charge in [0.15, 0.2) is 0 Å². The molecule has 1 aliphatic carbocycles. The molecule has 0 aliphatic heterocycles. The largest absolute Gasteiger partial charge is 0.300 e. The summed E-state index contributed by atoms with van der Waals surface area (Å²) in [5.41, 5.74) is 3.90. The molecular weight excluding hydrogens is 258 g/mol. The number of carbonyl (C=O) groups excluding carboxylic acids is 1. The lowest BCUT2D eigenvalue weighted by Gasteiger charge is -2.04. The van der Waals surface area contributed by atoms with E-state index < -0.39 is 0 Å². The van der Waals surface area contributed by atoms with Gasteiger partial charge in [0.2, 0.25) is 11.0 Å². The average molecular weight is 273 g/mol. The standard InChI is InChI=1S/C14H15N3OS/c1-9-16-17-14(19-9)15-13(18)8-10-5-6-11-3-2-4-12(11)7-10/h5-7H,2-4,8H2,1H3,(H,15,17,18). The number of hydrogen-bond acceptors (Lipinski definition) is 4. The number of aryl methyl sites for hydroxylation is 3. The molecule has 19 heavy (non-hydrogen) atoms. The molecule has 1 aromatic heterocycles. The number of anilines is 1. The molecule has 1 heterocycles. The Morgan fingerprint density at radius 1 is 1.32 bits per heavy atom. The van der Waals surface area contributed by atoms with Crippen molar-refractivity contribution in [2.24, 2.45) is 0 Å². The third-order valence-corrected chi connectivity index (χ3v) is 4.05. The van der Waals surface area contributed by atoms with Gasteiger partial charge < -0.3 is 5.32 Å². The maximum Gasteiger partial charge on any atom is 0.230 e. The zero-order valence-corrected chi connectivity index (χ0v) is 11.6. The van der Waals surface area contributed by atoms with Gasteiger partial charge >= 0.3 is 0 Å². The van der Waals surface area contributed by atoms with Crippen LogP contribution in [0.15, 0.2) is 18.2 Å². The summed E-state index contributed by atoms with van der Waals surface area (Å²) in [5, 5.41) is 12.0. The molecule has 1 aliphatic rings. The van der Waals surface area contributed by atoms with Gasteiger partial charge in [0.1, 0.15) is 5.01 Å². The molecule has 5 heteroatoms. The van der Waals surface area contributed by atoms with Gasteiger partial charge in [-0.15, -0.1) is 10.2 Å². The number of benzene rings is 1. The van der Waals surface area contributed by atoms with Gasteiger partial charge in [-0.05, 0) is 42.9 Å². The fourth-order valence-corrected chi connectivity index (χ4v) is 3.04. The Hall–Kier alpha value is -1.75. The smallest absolute Gasteiger partial charge is 0.230 e. The summed E-state index contributed by atoms with van der Waals surface area (Å²) in [6, 6.07) is 6.36. The summed E-state index contributed by atoms with van der Waals surface area (Å²) in [6.07, 6.45) is 3.94. The maximum atomic E-state index is 11.9. The van der Waals surface area contributed by atoms with Crippen molar-refractivity contribution in [1.29, 1.82) is 0 Å². The number of aromatic nitrogens is 2. The Kier molecular flexibility index (Phi) is 3.29. The summed E-state index contributed by atoms with van der Waals surface area (Å²) in [5.74, 6) is -0.0332. The quantitative estimate of drug-likeness (QED) is 0.935. The minimum absolute atomic E-state index is 0.0332. The highest BCUT2D eigenvalue weighted by molar-refractivity contribution is 7.15. The molecule has 1 aromatic carbocycles. The summed E-state index contributed by atoms with van der Waals surface area (Å²) in [4.78, 5) is 11.9. The molecule has 0 unspecified atom stereocenters. The van der Waals surface area contributed by atoms with E-state index in [0.717, 1.165) is 17.0 Å². The van der Waals surface area contributed by atoms with Crippen LogP contribution in [0.2, 0.25) is 0 Å². The molecule has 0 fully saturated rings. The van der Waals surface area contributed by atoms with E-state index >= 15 is 0 Å². The van der Waals surface area contributed by atoms with Gasteiger partial charge in [-0.1, -0.05) is 29.5 Å². The van der Waals surface area contributed by atoms with Crippen LogP contribution in [-0.4, -0.2) is 16.1 Å². The van der Waals surface area contributed by atoms with E-state index in [1.54, 1.807) is 0 Å². The highest BCUT2D eigenvalue weighted by Gasteiger charge is 2.13. The number of rotatable bonds is 3. The van der Waals surface area contributed by atoms with E-state index in [-0.39, 0.29) is 5.91 Å². The average Bonchev–Trinajstić information content (AvgIpc) is 2.97. The Morgan fingerprint density at radius 3 is 2.95 bits per heavy atom. The zero-order valence-electron chi connectivity index (χ0n) is 10.8. The normalized spacial score (nSPS) is 13.3. The molecule has 0 spiro atoms. The molecule has 0 bridgehead atoms. The predicted molar refractivity (Wildman–Crippen MR) is 75.4 cm³/mol. The first-order valence-corrected chi connectivity index (χ1v) is 7.23. The molecule has 0 radical (unpaired) electrons. The van der Waals surface area contributed by atoms with Crippen LogP contribution < -0.4 is 5.32 Å². The van der Waals surface area contributed by atoms with Crippen molar-refractivity contribution in [3.63, 3.8) is 0 Å². The number of fused-ring (bicyclic) bond motifs is 1. The summed E-state index contributed by atoms with van der Waals surface area (Å²) in [7, 11) is 0. The van der Waals surface area contributed by atoms with Gasteiger partial charge in [0, 0.05) is 0 Å². The summed E-state index contributed by atoms with van der Waals surface area (Å²) >= 11 is 1.39. The number of nitrogens with zero attached hydrogens (tertiary/aromatic N) is 2. The first kappa shape index (κ1) is 12.3. The Morgan fingerprint density at radius 2 is 2.16 bits per heavy atom. The third-order valence-electron chi connectivity index (χ3n) is 3.30. The second kappa shape index (κ2) is 5.09. The van der Waals surface area contributed by atoms with Crippen LogP contribution in [0.1, 0.15) is 28.1 Å². The SMILES string of the molecule is Cc1nnc(NC(=O)Cc2ccc3c(c2)CCC3)s1. The summed E-state index contributed by atoms with van der Waals surface area (Å²) in [6.45, 7) is 1.87. The molecule has 0 atom stereocenters. The van der Waals surface area contributed by atoms with E-state index in [9.17, 15) is 4.79 Å². The monoisotopic (exact) mass is 273 g/mol. The van der Waals surface area contributed by atoms with E-state index in [2.05, 4.69) is 33.7 Å². The van der Waals surface area contributed by atoms with Crippen molar-refractivity contribution >= 4 is 22.4 Å². The minimum atomic E-state index is -0.0332. The lowest BCUT2D eigenvalue weighted by atomic mass is 10.0. The third kappa shape index (κ3) is 2.81. The topological polar surface area (TPSA) is 54.9 Å². The van der Waals surface area contributed by atoms with Gasteiger partial charge in [0.25, 0.3) is 0 Å². The van der Waals surface area contributed by atoms with Crippen molar-refractivity contribution in [3.05, 3.63) is 39.9 Å². The van der Waals surface area contributed by atoms with Gasteiger partial charge in [-0.3, -0.25) is 4.79 Å². The molecule has 1 amide bonds. The Balaban J connectivity index is 1.66. The van der Waals surface area contributed by atoms with E-state index in [1.807, 2.05) is 6.92 Å². The molecule has 4 nitrogen and oxygen atoms in total. The first-order valence-electron chi connectivity index (χ1n) is 6.41. The van der Waals surface area contributed by atoms with E-state index in [4.69, 9.17) is 0 Å². The van der Waals surface area contributed by atoms with Crippen molar-refractivity contribution < 1.29 is 4.79 Å². The number of carbonyl (C=O) groups is 1. The molecule has 2 aromatic rings. The van der Waals surface area contributed by atoms with Crippen LogP contribution in [0.3, 0.4) is 0 Å². The van der Waals surface area contributed by atoms with Crippen molar-refractivity contribution in [2.45, 2.75) is 32.6 Å². The second-order valence-electron chi connectivity index (χ2n) is 4.81. The predicted octanol–water partition coefficient (Wildman–Crippen LogP) is 2.52. The second-order valence-corrected chi connectivity index (χ2v) is 5.99. The number of amides is 1. The van der Waals surface area contributed by atoms with E-state index in [0.29, 0.717) is 11.6 Å². The fourth-order valence-electron chi connectivity index (χ4n) is 2.43. The molecule has 0 saturated heterocycles. The van der Waals surface area contributed by atoms with Crippen LogP contribution >= 0.6 is 11.3 Å². The molecule has 3 rings (SSSR count). The molecule has 0 saturated carbocycles. The highest BCUT2D eigenvalue weighted by atomic mass is 32.1. The minimum Gasteiger partial charge on any atom is -0.300 e. The molecule has 1 N–H and O–H groups in total. The van der Waals surface area contributed by atoms with Crippen molar-refractivity contribution in [1.82, 2.24) is 10.2 Å². The zero-order chi connectivity index (χ0) is 13.2. The molecule has 98 valence electrons. The highest BCUT2D eigenvalue weighted by Crippen LogP contribution is 2.23. The summed E-state index contributed by atoms with van der Waals surface area (Å²) < 4.78 is 0. The Bertz CT molecular complexity index is 621. The number of nitrogens with one attached hydrogen (secondary N) is 1. The Labute approximate surface area is 115 Å². The molecular formula is C14H15N3OS. The van der Waals surface area contributed by atoms with Crippen LogP contribution in [-0.2, 0) is 24.1 Å². The van der Waals surface area contributed by atoms with Crippen molar-refractivity contribution in [2.75, 3.05) is 5.32 Å². The van der Waals surface area contributed by atoms with Gasteiger partial charge in [-0.2, -0.15) is 0 Å². The van der Waals surface area contributed by atoms with Crippen molar-refractivity contribution in [3.8, 4) is 0 Å². The van der Waals surface area contributed by atoms with Crippen LogP contribution in [0.25, 0.3) is 0 Å².